The van der Waals surface area contributed by atoms with Crippen LogP contribution in [0.5, 0.6) is 0 Å². The largest absolute Gasteiger partial charge is 0.475 e. The standard InChI is InChI=1S/C9H11N3O5/c1-2-10-3-4-11-8(10)6(12(15)16)5-7(17-11)9(13)14/h5H,2-4H2,1H3,(H,13,14). The summed E-state index contributed by atoms with van der Waals surface area (Å²) in [6.07, 6.45) is 0.947. The molecule has 2 rings (SSSR count). The first-order chi connectivity index (χ1) is 8.04. The summed E-state index contributed by atoms with van der Waals surface area (Å²) in [6.45, 7) is 3.45. The number of aliphatic carboxylic acids is 1. The average molecular weight is 241 g/mol. The minimum atomic E-state index is -1.32. The maximum Gasteiger partial charge on any atom is 0.374 e. The van der Waals surface area contributed by atoms with E-state index in [1.165, 1.54) is 5.06 Å². The number of rotatable bonds is 3. The molecule has 1 N–H and O–H groups in total. The Labute approximate surface area is 96.5 Å². The number of carboxylic acids is 1. The normalized spacial score (nSPS) is 18.8. The van der Waals surface area contributed by atoms with Crippen molar-refractivity contribution in [2.75, 3.05) is 19.6 Å². The molecule has 17 heavy (non-hydrogen) atoms. The van der Waals surface area contributed by atoms with Crippen molar-refractivity contribution in [1.29, 1.82) is 0 Å². The molecule has 1 fully saturated rings. The first-order valence-electron chi connectivity index (χ1n) is 5.08. The first kappa shape index (κ1) is 11.2. The summed E-state index contributed by atoms with van der Waals surface area (Å²) < 4.78 is 0. The van der Waals surface area contributed by atoms with Crippen LogP contribution in [0.15, 0.2) is 23.4 Å². The van der Waals surface area contributed by atoms with Crippen molar-refractivity contribution in [3.05, 3.63) is 33.5 Å². The third-order valence-electron chi connectivity index (χ3n) is 2.60. The number of carbonyl (C=O) groups is 1. The van der Waals surface area contributed by atoms with E-state index in [1.54, 1.807) is 4.90 Å². The molecule has 8 heteroatoms. The number of hydroxylamine groups is 2. The molecule has 2 aliphatic heterocycles. The molecule has 0 aromatic rings. The maximum atomic E-state index is 10.9. The van der Waals surface area contributed by atoms with E-state index in [4.69, 9.17) is 9.94 Å². The number of hydrogen-bond donors (Lipinski definition) is 1. The molecule has 0 bridgehead atoms. The molecule has 0 spiro atoms. The Morgan fingerprint density at radius 1 is 1.65 bits per heavy atom. The summed E-state index contributed by atoms with van der Waals surface area (Å²) in [5.41, 5.74) is -0.243. The van der Waals surface area contributed by atoms with Crippen LogP contribution >= 0.6 is 0 Å². The lowest BCUT2D eigenvalue weighted by Crippen LogP contribution is -2.31. The van der Waals surface area contributed by atoms with Gasteiger partial charge in [0.15, 0.2) is 0 Å². The molecule has 1 saturated heterocycles. The number of carboxylic acid groups (broad SMARTS) is 1. The second-order valence-electron chi connectivity index (χ2n) is 3.55. The first-order valence-corrected chi connectivity index (χ1v) is 5.08. The maximum absolute atomic E-state index is 10.9. The molecular formula is C9H11N3O5. The Morgan fingerprint density at radius 3 is 2.88 bits per heavy atom. The Kier molecular flexibility index (Phi) is 2.62. The molecule has 0 unspecified atom stereocenters. The highest BCUT2D eigenvalue weighted by molar-refractivity contribution is 5.85. The highest BCUT2D eigenvalue weighted by Crippen LogP contribution is 2.29. The number of nitro groups is 1. The average Bonchev–Trinajstić information content (AvgIpc) is 2.70. The SMILES string of the molecule is CCN1CCN2OC(C(=O)O)=CC([N+](=O)[O-])=C12. The Morgan fingerprint density at radius 2 is 2.35 bits per heavy atom. The van der Waals surface area contributed by atoms with E-state index in [9.17, 15) is 14.9 Å². The van der Waals surface area contributed by atoms with E-state index in [0.717, 1.165) is 6.08 Å². The van der Waals surface area contributed by atoms with Crippen LogP contribution in [0, 0.1) is 10.1 Å². The lowest BCUT2D eigenvalue weighted by molar-refractivity contribution is -0.424. The fourth-order valence-electron chi connectivity index (χ4n) is 1.84. The van der Waals surface area contributed by atoms with Gasteiger partial charge in [-0.2, -0.15) is 5.06 Å². The third-order valence-corrected chi connectivity index (χ3v) is 2.60. The topological polar surface area (TPSA) is 96.2 Å². The molecule has 0 aromatic carbocycles. The summed E-state index contributed by atoms with van der Waals surface area (Å²) in [7, 11) is 0. The summed E-state index contributed by atoms with van der Waals surface area (Å²) in [5, 5.41) is 21.0. The van der Waals surface area contributed by atoms with Crippen LogP contribution in [0.25, 0.3) is 0 Å². The Balaban J connectivity index is 2.47. The molecule has 0 aromatic heterocycles. The van der Waals surface area contributed by atoms with Gasteiger partial charge in [-0.3, -0.25) is 10.1 Å². The molecule has 0 atom stereocenters. The van der Waals surface area contributed by atoms with Gasteiger partial charge in [0.1, 0.15) is 0 Å². The molecule has 0 saturated carbocycles. The van der Waals surface area contributed by atoms with Gasteiger partial charge in [0, 0.05) is 13.1 Å². The van der Waals surface area contributed by atoms with Gasteiger partial charge in [0.2, 0.25) is 11.6 Å². The predicted octanol–water partition coefficient (Wildman–Crippen LogP) is -0.0166. The van der Waals surface area contributed by atoms with Crippen molar-refractivity contribution >= 4 is 5.97 Å². The van der Waals surface area contributed by atoms with E-state index in [1.807, 2.05) is 6.92 Å². The monoisotopic (exact) mass is 241 g/mol. The van der Waals surface area contributed by atoms with Crippen LogP contribution in [0.2, 0.25) is 0 Å². The molecule has 2 aliphatic rings. The van der Waals surface area contributed by atoms with Crippen LogP contribution in [0.1, 0.15) is 6.92 Å². The van der Waals surface area contributed by atoms with E-state index < -0.39 is 16.7 Å². The highest BCUT2D eigenvalue weighted by atomic mass is 16.7. The lowest BCUT2D eigenvalue weighted by Gasteiger charge is -2.25. The van der Waals surface area contributed by atoms with Crippen molar-refractivity contribution in [3.8, 4) is 0 Å². The van der Waals surface area contributed by atoms with Gasteiger partial charge in [-0.05, 0) is 6.92 Å². The fourth-order valence-corrected chi connectivity index (χ4v) is 1.84. The van der Waals surface area contributed by atoms with E-state index >= 15 is 0 Å². The van der Waals surface area contributed by atoms with Crippen LogP contribution in [0.3, 0.4) is 0 Å². The number of fused-ring (bicyclic) bond motifs is 1. The zero-order valence-electron chi connectivity index (χ0n) is 9.12. The highest BCUT2D eigenvalue weighted by Gasteiger charge is 2.39. The molecule has 8 nitrogen and oxygen atoms in total. The summed E-state index contributed by atoms with van der Waals surface area (Å²) in [6, 6.07) is 0. The van der Waals surface area contributed by atoms with Crippen LogP contribution in [-0.4, -0.2) is 45.6 Å². The van der Waals surface area contributed by atoms with Gasteiger partial charge >= 0.3 is 11.7 Å². The van der Waals surface area contributed by atoms with Gasteiger partial charge in [0.25, 0.3) is 0 Å². The number of likely N-dealkylation sites (N-methyl/N-ethyl adjacent to an activating group) is 1. The fraction of sp³-hybridized carbons (Fsp3) is 0.444. The number of nitrogens with zero attached hydrogens (tertiary/aromatic N) is 3. The Bertz CT molecular complexity index is 442. The predicted molar refractivity (Wildman–Crippen MR) is 54.8 cm³/mol. The third kappa shape index (κ3) is 1.77. The molecule has 92 valence electrons. The van der Waals surface area contributed by atoms with Crippen LogP contribution in [0.4, 0.5) is 0 Å². The van der Waals surface area contributed by atoms with Crippen LogP contribution < -0.4 is 0 Å². The summed E-state index contributed by atoms with van der Waals surface area (Å²) in [4.78, 5) is 28.0. The Hall–Kier alpha value is -2.25. The van der Waals surface area contributed by atoms with Crippen molar-refractivity contribution in [2.24, 2.45) is 0 Å². The molecule has 0 amide bonds. The zero-order chi connectivity index (χ0) is 12.6. The molecule has 0 radical (unpaired) electrons. The van der Waals surface area contributed by atoms with Gasteiger partial charge in [0.05, 0.1) is 17.5 Å². The second kappa shape index (κ2) is 3.96. The molecular weight excluding hydrogens is 230 g/mol. The van der Waals surface area contributed by atoms with E-state index in [2.05, 4.69) is 0 Å². The summed E-state index contributed by atoms with van der Waals surface area (Å²) in [5.74, 6) is -1.43. The van der Waals surface area contributed by atoms with Crippen molar-refractivity contribution in [3.63, 3.8) is 0 Å². The van der Waals surface area contributed by atoms with E-state index in [0.29, 0.717) is 25.5 Å². The lowest BCUT2D eigenvalue weighted by atomic mass is 10.3. The van der Waals surface area contributed by atoms with Crippen molar-refractivity contribution in [2.45, 2.75) is 6.92 Å². The zero-order valence-corrected chi connectivity index (χ0v) is 9.12. The quantitative estimate of drug-likeness (QED) is 0.548. The van der Waals surface area contributed by atoms with Crippen molar-refractivity contribution < 1.29 is 19.7 Å². The smallest absolute Gasteiger partial charge is 0.374 e. The molecule has 0 aliphatic carbocycles. The van der Waals surface area contributed by atoms with E-state index in [-0.39, 0.29) is 5.70 Å². The van der Waals surface area contributed by atoms with Crippen molar-refractivity contribution in [1.82, 2.24) is 9.96 Å². The van der Waals surface area contributed by atoms with Gasteiger partial charge in [-0.15, -0.1) is 0 Å². The number of allylic oxidation sites excluding steroid dienone is 1. The van der Waals surface area contributed by atoms with Gasteiger partial charge in [-0.25, -0.2) is 4.79 Å². The minimum absolute atomic E-state index is 0.243. The van der Waals surface area contributed by atoms with Crippen LogP contribution in [-0.2, 0) is 9.63 Å². The van der Waals surface area contributed by atoms with Gasteiger partial charge < -0.3 is 14.8 Å². The van der Waals surface area contributed by atoms with Gasteiger partial charge in [-0.1, -0.05) is 0 Å². The minimum Gasteiger partial charge on any atom is -0.475 e. The second-order valence-corrected chi connectivity index (χ2v) is 3.55. The molecule has 2 heterocycles. The number of hydrogen-bond acceptors (Lipinski definition) is 6. The summed E-state index contributed by atoms with van der Waals surface area (Å²) >= 11 is 0.